The molecule has 0 atom stereocenters. The van der Waals surface area contributed by atoms with E-state index in [0.717, 1.165) is 28.3 Å². The molecule has 4 nitrogen and oxygen atoms in total. The zero-order valence-electron chi connectivity index (χ0n) is 20.3. The van der Waals surface area contributed by atoms with Crippen molar-refractivity contribution in [2.45, 2.75) is 59.6 Å². The van der Waals surface area contributed by atoms with Crippen molar-refractivity contribution < 1.29 is 13.2 Å². The van der Waals surface area contributed by atoms with Crippen LogP contribution >= 0.6 is 0 Å². The third kappa shape index (κ3) is 10.1. The predicted molar refractivity (Wildman–Crippen MR) is 135 cm³/mol. The molecule has 0 bridgehead atoms. The lowest BCUT2D eigenvalue weighted by Crippen LogP contribution is -2.39. The largest absolute Gasteiger partial charge is 0.402 e. The first kappa shape index (κ1) is 28.7. The Hall–Kier alpha value is -3.29. The third-order valence-electron chi connectivity index (χ3n) is 5.18. The van der Waals surface area contributed by atoms with Crippen LogP contribution in [0.15, 0.2) is 46.4 Å². The summed E-state index contributed by atoms with van der Waals surface area (Å²) < 4.78 is 36.6. The van der Waals surface area contributed by atoms with Crippen LogP contribution in [0.3, 0.4) is 0 Å². The molecule has 0 saturated heterocycles. The minimum atomic E-state index is -4.29. The van der Waals surface area contributed by atoms with Gasteiger partial charge < -0.3 is 5.43 Å². The van der Waals surface area contributed by atoms with Crippen molar-refractivity contribution in [2.75, 3.05) is 6.54 Å². The van der Waals surface area contributed by atoms with Crippen LogP contribution in [0.25, 0.3) is 5.57 Å². The van der Waals surface area contributed by atoms with E-state index in [1.807, 2.05) is 32.9 Å². The summed E-state index contributed by atoms with van der Waals surface area (Å²) in [6.07, 6.45) is 21.3. The lowest BCUT2D eigenvalue weighted by Gasteiger charge is -2.11. The molecule has 1 fully saturated rings. The quantitative estimate of drug-likeness (QED) is 0.393. The van der Waals surface area contributed by atoms with E-state index >= 15 is 0 Å². The van der Waals surface area contributed by atoms with Crippen molar-refractivity contribution in [2.24, 2.45) is 10.9 Å². The van der Waals surface area contributed by atoms with Gasteiger partial charge in [-0.15, -0.1) is 19.3 Å². The minimum absolute atomic E-state index is 0.453. The molecule has 1 aliphatic carbocycles. The number of nitrogens with one attached hydrogen (secondary N) is 2. The second kappa shape index (κ2) is 14.1. The van der Waals surface area contributed by atoms with Gasteiger partial charge in [-0.25, -0.2) is 5.43 Å². The molecule has 0 spiro atoms. The summed E-state index contributed by atoms with van der Waals surface area (Å²) in [5, 5.41) is 0. The lowest BCUT2D eigenvalue weighted by atomic mass is 9.97. The molecule has 2 N–H and O–H groups in total. The monoisotopic (exact) mass is 470 g/mol. The van der Waals surface area contributed by atoms with Crippen molar-refractivity contribution >= 4 is 11.8 Å². The second-order valence-electron chi connectivity index (χ2n) is 7.98. The Morgan fingerprint density at radius 2 is 1.88 bits per heavy atom. The van der Waals surface area contributed by atoms with Crippen molar-refractivity contribution in [3.05, 3.63) is 58.2 Å². The van der Waals surface area contributed by atoms with Crippen molar-refractivity contribution in [3.63, 3.8) is 0 Å². The van der Waals surface area contributed by atoms with Gasteiger partial charge in [-0.05, 0) is 50.3 Å². The molecule has 0 radical (unpaired) electrons. The predicted octanol–water partition coefficient (Wildman–Crippen LogP) is 6.06. The van der Waals surface area contributed by atoms with Crippen molar-refractivity contribution in [1.82, 2.24) is 15.8 Å². The number of pyridine rings is 1. The van der Waals surface area contributed by atoms with Gasteiger partial charge in [0.25, 0.3) is 0 Å². The highest BCUT2D eigenvalue weighted by Crippen LogP contribution is 2.31. The van der Waals surface area contributed by atoms with Gasteiger partial charge in [0.2, 0.25) is 0 Å². The Labute approximate surface area is 201 Å². The summed E-state index contributed by atoms with van der Waals surface area (Å²) in [4.78, 5) is 8.73. The minimum Gasteiger partial charge on any atom is -0.320 e. The molecule has 3 rings (SSSR count). The van der Waals surface area contributed by atoms with E-state index in [-0.39, 0.29) is 0 Å². The topological polar surface area (TPSA) is 49.3 Å². The maximum Gasteiger partial charge on any atom is 0.402 e. The number of terminal acetylenes is 2. The Balaban J connectivity index is 0.000000715. The number of hydrazine groups is 1. The fraction of sp³-hybridized carbons (Fsp3) is 0.407. The molecule has 0 unspecified atom stereocenters. The number of hydrogen-bond donors (Lipinski definition) is 2. The number of halogens is 3. The Morgan fingerprint density at radius 1 is 1.21 bits per heavy atom. The van der Waals surface area contributed by atoms with Crippen LogP contribution in [0, 0.1) is 45.0 Å². The molecular formula is C27H33F3N4. The number of aliphatic imine (C=N–C) groups is 1. The maximum absolute atomic E-state index is 12.2. The Kier molecular flexibility index (Phi) is 11.9. The van der Waals surface area contributed by atoms with Gasteiger partial charge in [-0.3, -0.25) is 9.98 Å². The van der Waals surface area contributed by atoms with E-state index in [1.54, 1.807) is 12.3 Å². The number of aryl methyl sites for hydroxylation is 2. The lowest BCUT2D eigenvalue weighted by molar-refractivity contribution is -0.126. The third-order valence-corrected chi connectivity index (χ3v) is 5.18. The molecule has 2 heterocycles. The van der Waals surface area contributed by atoms with Gasteiger partial charge in [0.15, 0.2) is 0 Å². The molecule has 0 amide bonds. The summed E-state index contributed by atoms with van der Waals surface area (Å²) in [6, 6.07) is 1.98. The highest BCUT2D eigenvalue weighted by atomic mass is 19.4. The van der Waals surface area contributed by atoms with Crippen LogP contribution in [-0.4, -0.2) is 23.9 Å². The zero-order chi connectivity index (χ0) is 25.7. The number of rotatable bonds is 6. The Morgan fingerprint density at radius 3 is 2.41 bits per heavy atom. The molecule has 1 aliphatic heterocycles. The molecule has 34 heavy (non-hydrogen) atoms. The first-order valence-corrected chi connectivity index (χ1v) is 11.1. The van der Waals surface area contributed by atoms with Gasteiger partial charge in [-0.2, -0.15) is 13.2 Å². The number of aromatic nitrogens is 1. The smallest absolute Gasteiger partial charge is 0.320 e. The molecule has 1 aromatic rings. The molecule has 0 aromatic carbocycles. The average Bonchev–Trinajstić information content (AvgIpc) is 3.65. The standard InChI is InChI=1S/C20H21F3N4.C5H10.C2H2/c1-5-17(18-9-13(2)10-24-15(18)4)14(3)19-8-6-7-16(11-25-19)27-26-12-20(21,22)23;1-2-5-3-4-5;1-2/h1,7-11,26-27H,6,12H2,2-4H3;5H,2-4H2,1H3;1-2H/b17-14+;;. The molecule has 7 heteroatoms. The van der Waals surface area contributed by atoms with E-state index in [9.17, 15) is 13.2 Å². The normalized spacial score (nSPS) is 15.6. The van der Waals surface area contributed by atoms with Crippen LogP contribution in [0.2, 0.25) is 0 Å². The fourth-order valence-electron chi connectivity index (χ4n) is 3.05. The number of hydrogen-bond acceptors (Lipinski definition) is 4. The van der Waals surface area contributed by atoms with E-state index in [0.29, 0.717) is 23.4 Å². The molecule has 2 aliphatic rings. The summed E-state index contributed by atoms with van der Waals surface area (Å²) in [6.45, 7) is 6.83. The highest BCUT2D eigenvalue weighted by Gasteiger charge is 2.26. The van der Waals surface area contributed by atoms with E-state index in [4.69, 9.17) is 6.42 Å². The Bertz CT molecular complexity index is 1000. The van der Waals surface area contributed by atoms with Gasteiger partial charge in [0, 0.05) is 23.0 Å². The van der Waals surface area contributed by atoms with Crippen LogP contribution in [0.1, 0.15) is 56.4 Å². The number of alkyl halides is 3. The van der Waals surface area contributed by atoms with Crippen molar-refractivity contribution in [1.29, 1.82) is 0 Å². The van der Waals surface area contributed by atoms with Gasteiger partial charge in [-0.1, -0.05) is 44.3 Å². The van der Waals surface area contributed by atoms with Gasteiger partial charge in [0.05, 0.1) is 17.6 Å². The van der Waals surface area contributed by atoms with E-state index in [2.05, 4.69) is 46.5 Å². The summed E-state index contributed by atoms with van der Waals surface area (Å²) in [5.41, 5.74) is 9.96. The maximum atomic E-state index is 12.2. The fourth-order valence-corrected chi connectivity index (χ4v) is 3.05. The van der Waals surface area contributed by atoms with Crippen LogP contribution in [-0.2, 0) is 0 Å². The SMILES string of the molecule is C#C.C#C/C(=C(/C)C1=CCC=C(NNCC(F)(F)F)C=N1)c1cc(C)cnc1C.CCC1CC1. The number of nitrogens with zero attached hydrogens (tertiary/aromatic N) is 2. The average molecular weight is 471 g/mol. The van der Waals surface area contributed by atoms with E-state index in [1.165, 1.54) is 25.5 Å². The van der Waals surface area contributed by atoms with Crippen LogP contribution in [0.4, 0.5) is 13.2 Å². The van der Waals surface area contributed by atoms with E-state index < -0.39 is 12.7 Å². The summed E-state index contributed by atoms with van der Waals surface area (Å²) in [5.74, 6) is 3.86. The second-order valence-corrected chi connectivity index (χ2v) is 7.98. The first-order chi connectivity index (χ1) is 16.1. The van der Waals surface area contributed by atoms with Crippen LogP contribution in [0.5, 0.6) is 0 Å². The highest BCUT2D eigenvalue weighted by molar-refractivity contribution is 5.86. The van der Waals surface area contributed by atoms with Crippen molar-refractivity contribution in [3.8, 4) is 25.2 Å². The first-order valence-electron chi connectivity index (χ1n) is 11.1. The molecule has 182 valence electrons. The molecule has 1 aromatic heterocycles. The van der Waals surface area contributed by atoms with Crippen LogP contribution < -0.4 is 10.9 Å². The zero-order valence-corrected chi connectivity index (χ0v) is 20.3. The molecular weight excluding hydrogens is 437 g/mol. The van der Waals surface area contributed by atoms with Gasteiger partial charge in [0.1, 0.15) is 6.54 Å². The van der Waals surface area contributed by atoms with Gasteiger partial charge >= 0.3 is 6.18 Å². The molecule has 1 saturated carbocycles. The number of allylic oxidation sites excluding steroid dienone is 5. The summed E-state index contributed by atoms with van der Waals surface area (Å²) >= 11 is 0. The summed E-state index contributed by atoms with van der Waals surface area (Å²) in [7, 11) is 0.